The molecule has 0 fully saturated rings. The number of hydrogen-bond acceptors (Lipinski definition) is 4. The van der Waals surface area contributed by atoms with Crippen molar-refractivity contribution >= 4 is 35.0 Å². The number of carbonyl (C=O) groups excluding carboxylic acids is 1. The zero-order valence-corrected chi connectivity index (χ0v) is 15.7. The fourth-order valence-corrected chi connectivity index (χ4v) is 2.69. The Balaban J connectivity index is 0.00000243. The monoisotopic (exact) mass is 374 g/mol. The average molecular weight is 375 g/mol. The Morgan fingerprint density at radius 1 is 1.15 bits per heavy atom. The number of aryl methyl sites for hydroxylation is 1. The molecule has 0 unspecified atom stereocenters. The molecule has 0 bridgehead atoms. The van der Waals surface area contributed by atoms with Crippen LogP contribution in [0.3, 0.4) is 0 Å². The van der Waals surface area contributed by atoms with E-state index in [9.17, 15) is 4.79 Å². The van der Waals surface area contributed by atoms with E-state index in [1.54, 1.807) is 7.11 Å². The Bertz CT molecular complexity index is 862. The van der Waals surface area contributed by atoms with E-state index < -0.39 is 0 Å². The number of amides is 1. The summed E-state index contributed by atoms with van der Waals surface area (Å²) in [5.74, 6) is 0.826. The highest BCUT2D eigenvalue weighted by Gasteiger charge is 2.09. The number of rotatable bonds is 7. The molecule has 0 spiro atoms. The van der Waals surface area contributed by atoms with Gasteiger partial charge in [0.2, 0.25) is 5.91 Å². The zero-order valence-electron chi connectivity index (χ0n) is 14.9. The highest BCUT2D eigenvalue weighted by Crippen LogP contribution is 2.24. The Kier molecular flexibility index (Phi) is 7.15. The van der Waals surface area contributed by atoms with Gasteiger partial charge in [-0.25, -0.2) is 4.98 Å². The molecule has 7 heteroatoms. The molecule has 1 amide bonds. The number of methoxy groups -OCH3 is 1. The lowest BCUT2D eigenvalue weighted by molar-refractivity contribution is -0.115. The number of fused-ring (bicyclic) bond motifs is 1. The van der Waals surface area contributed by atoms with Crippen LogP contribution in [-0.4, -0.2) is 42.3 Å². The normalized spacial score (nSPS) is 10.5. The fourth-order valence-electron chi connectivity index (χ4n) is 2.69. The highest BCUT2D eigenvalue weighted by atomic mass is 35.5. The van der Waals surface area contributed by atoms with Crippen LogP contribution in [-0.2, 0) is 16.6 Å². The summed E-state index contributed by atoms with van der Waals surface area (Å²) in [5.41, 5.74) is 3.84. The van der Waals surface area contributed by atoms with Crippen LogP contribution >= 0.6 is 12.4 Å². The van der Waals surface area contributed by atoms with E-state index in [-0.39, 0.29) is 24.9 Å². The fraction of sp³-hybridized carbons (Fsp3) is 0.263. The van der Waals surface area contributed by atoms with E-state index in [2.05, 4.69) is 26.3 Å². The molecular weight excluding hydrogens is 352 g/mol. The van der Waals surface area contributed by atoms with Gasteiger partial charge in [0.25, 0.3) is 0 Å². The quantitative estimate of drug-likeness (QED) is 0.624. The SMILES string of the molecule is COCCNCC(=O)Nc1ccc(-c2nc3ccccc3n2C)cc1.Cl. The number of nitrogens with zero attached hydrogens (tertiary/aromatic N) is 2. The van der Waals surface area contributed by atoms with Gasteiger partial charge in [0.05, 0.1) is 24.2 Å². The van der Waals surface area contributed by atoms with Crippen LogP contribution in [0.4, 0.5) is 5.69 Å². The molecule has 0 aliphatic rings. The third-order valence-electron chi connectivity index (χ3n) is 3.98. The van der Waals surface area contributed by atoms with Gasteiger partial charge >= 0.3 is 0 Å². The summed E-state index contributed by atoms with van der Waals surface area (Å²) in [6.45, 7) is 1.49. The number of nitrogens with one attached hydrogen (secondary N) is 2. The van der Waals surface area contributed by atoms with Gasteiger partial charge in [-0.3, -0.25) is 4.79 Å². The van der Waals surface area contributed by atoms with Crippen molar-refractivity contribution < 1.29 is 9.53 Å². The van der Waals surface area contributed by atoms with Crippen molar-refractivity contribution in [1.82, 2.24) is 14.9 Å². The maximum Gasteiger partial charge on any atom is 0.238 e. The van der Waals surface area contributed by atoms with Crippen molar-refractivity contribution in [2.75, 3.05) is 32.1 Å². The van der Waals surface area contributed by atoms with Gasteiger partial charge in [-0.05, 0) is 36.4 Å². The zero-order chi connectivity index (χ0) is 17.6. The number of ether oxygens (including phenoxy) is 1. The molecule has 0 aliphatic carbocycles. The first-order valence-electron chi connectivity index (χ1n) is 8.20. The lowest BCUT2D eigenvalue weighted by atomic mass is 10.2. The van der Waals surface area contributed by atoms with Crippen molar-refractivity contribution in [2.24, 2.45) is 7.05 Å². The topological polar surface area (TPSA) is 68.2 Å². The molecule has 0 atom stereocenters. The molecule has 6 nitrogen and oxygen atoms in total. The van der Waals surface area contributed by atoms with Crippen LogP contribution in [0.15, 0.2) is 48.5 Å². The van der Waals surface area contributed by atoms with Crippen molar-refractivity contribution in [2.45, 2.75) is 0 Å². The van der Waals surface area contributed by atoms with E-state index in [4.69, 9.17) is 4.74 Å². The Morgan fingerprint density at radius 3 is 2.58 bits per heavy atom. The Hall–Kier alpha value is -2.41. The summed E-state index contributed by atoms with van der Waals surface area (Å²) in [5, 5.41) is 5.88. The molecular formula is C19H23ClN4O2. The van der Waals surface area contributed by atoms with E-state index in [0.29, 0.717) is 13.2 Å². The molecule has 0 aliphatic heterocycles. The summed E-state index contributed by atoms with van der Waals surface area (Å²) < 4.78 is 7.00. The molecule has 2 aromatic carbocycles. The van der Waals surface area contributed by atoms with E-state index in [1.807, 2.05) is 49.5 Å². The minimum absolute atomic E-state index is 0. The number of aromatic nitrogens is 2. The van der Waals surface area contributed by atoms with Crippen LogP contribution in [0, 0.1) is 0 Å². The Labute approximate surface area is 159 Å². The van der Waals surface area contributed by atoms with Crippen LogP contribution in [0.25, 0.3) is 22.4 Å². The minimum Gasteiger partial charge on any atom is -0.383 e. The number of para-hydroxylation sites is 2. The summed E-state index contributed by atoms with van der Waals surface area (Å²) in [4.78, 5) is 16.6. The standard InChI is InChI=1S/C19H22N4O2.ClH/c1-23-17-6-4-3-5-16(17)22-19(23)14-7-9-15(10-8-14)21-18(24)13-20-11-12-25-2;/h3-10,20H,11-13H2,1-2H3,(H,21,24);1H. The first kappa shape index (κ1) is 19.9. The van der Waals surface area contributed by atoms with E-state index in [0.717, 1.165) is 28.1 Å². The lowest BCUT2D eigenvalue weighted by Gasteiger charge is -2.08. The molecule has 2 N–H and O–H groups in total. The van der Waals surface area contributed by atoms with Crippen LogP contribution in [0.1, 0.15) is 0 Å². The van der Waals surface area contributed by atoms with E-state index in [1.165, 1.54) is 0 Å². The van der Waals surface area contributed by atoms with Crippen molar-refractivity contribution in [3.63, 3.8) is 0 Å². The second-order valence-electron chi connectivity index (χ2n) is 5.78. The van der Waals surface area contributed by atoms with Gasteiger partial charge in [0.1, 0.15) is 5.82 Å². The molecule has 26 heavy (non-hydrogen) atoms. The second kappa shape index (κ2) is 9.33. The summed E-state index contributed by atoms with van der Waals surface area (Å²) in [7, 11) is 3.64. The Morgan fingerprint density at radius 2 is 1.88 bits per heavy atom. The van der Waals surface area contributed by atoms with Gasteiger partial charge < -0.3 is 19.9 Å². The van der Waals surface area contributed by atoms with Crippen LogP contribution in [0.5, 0.6) is 0 Å². The number of imidazole rings is 1. The third-order valence-corrected chi connectivity index (χ3v) is 3.98. The molecule has 0 saturated heterocycles. The molecule has 0 radical (unpaired) electrons. The van der Waals surface area contributed by atoms with Gasteiger partial charge in [-0.1, -0.05) is 12.1 Å². The van der Waals surface area contributed by atoms with Crippen molar-refractivity contribution in [3.8, 4) is 11.4 Å². The van der Waals surface area contributed by atoms with Crippen molar-refractivity contribution in [3.05, 3.63) is 48.5 Å². The number of anilines is 1. The maximum atomic E-state index is 11.9. The lowest BCUT2D eigenvalue weighted by Crippen LogP contribution is -2.30. The smallest absolute Gasteiger partial charge is 0.238 e. The summed E-state index contributed by atoms with van der Waals surface area (Å²) >= 11 is 0. The predicted octanol–water partition coefficient (Wildman–Crippen LogP) is 2.84. The van der Waals surface area contributed by atoms with Crippen molar-refractivity contribution in [1.29, 1.82) is 0 Å². The maximum absolute atomic E-state index is 11.9. The largest absolute Gasteiger partial charge is 0.383 e. The molecule has 3 aromatic rings. The molecule has 138 valence electrons. The van der Waals surface area contributed by atoms with Crippen LogP contribution in [0.2, 0.25) is 0 Å². The number of hydrogen-bond donors (Lipinski definition) is 2. The number of halogens is 1. The predicted molar refractivity (Wildman–Crippen MR) is 107 cm³/mol. The van der Waals surface area contributed by atoms with Gasteiger partial charge in [-0.15, -0.1) is 12.4 Å². The van der Waals surface area contributed by atoms with Crippen LogP contribution < -0.4 is 10.6 Å². The first-order valence-corrected chi connectivity index (χ1v) is 8.20. The van der Waals surface area contributed by atoms with E-state index >= 15 is 0 Å². The highest BCUT2D eigenvalue weighted by molar-refractivity contribution is 5.92. The second-order valence-corrected chi connectivity index (χ2v) is 5.78. The summed E-state index contributed by atoms with van der Waals surface area (Å²) in [6.07, 6.45) is 0. The van der Waals surface area contributed by atoms with Gasteiger partial charge in [-0.2, -0.15) is 0 Å². The van der Waals surface area contributed by atoms with Gasteiger partial charge in [0.15, 0.2) is 0 Å². The molecule has 3 rings (SSSR count). The van der Waals surface area contributed by atoms with Gasteiger partial charge in [0, 0.05) is 32.0 Å². The first-order chi connectivity index (χ1) is 12.2. The number of benzene rings is 2. The molecule has 1 heterocycles. The average Bonchev–Trinajstić information content (AvgIpc) is 2.97. The molecule has 1 aromatic heterocycles. The minimum atomic E-state index is -0.0772. The number of carbonyl (C=O) groups is 1. The summed E-state index contributed by atoms with van der Waals surface area (Å²) in [6, 6.07) is 15.8. The third kappa shape index (κ3) is 4.60. The molecule has 0 saturated carbocycles.